The molecule has 0 bridgehead atoms. The van der Waals surface area contributed by atoms with Crippen LogP contribution in [0.2, 0.25) is 5.02 Å². The molecule has 2 rings (SSSR count). The zero-order valence-corrected chi connectivity index (χ0v) is 10.2. The van der Waals surface area contributed by atoms with Gasteiger partial charge in [0.2, 0.25) is 0 Å². The Kier molecular flexibility index (Phi) is 3.61. The van der Waals surface area contributed by atoms with Crippen molar-refractivity contribution >= 4 is 11.6 Å². The number of nitrogens with two attached hydrogens (primary N) is 1. The second-order valence-electron chi connectivity index (χ2n) is 3.62. The zero-order valence-electron chi connectivity index (χ0n) is 9.43. The summed E-state index contributed by atoms with van der Waals surface area (Å²) in [5.74, 6) is 0.667. The monoisotopic (exact) mass is 248 g/mol. The van der Waals surface area contributed by atoms with Gasteiger partial charge in [-0.3, -0.25) is 4.98 Å². The molecular formula is C13H13ClN2O. The second kappa shape index (κ2) is 5.17. The Bertz CT molecular complexity index is 516. The number of hydrogen-bond donors (Lipinski definition) is 1. The van der Waals surface area contributed by atoms with Gasteiger partial charge in [0.15, 0.2) is 0 Å². The maximum Gasteiger partial charge on any atom is 0.142 e. The summed E-state index contributed by atoms with van der Waals surface area (Å²) in [6.45, 7) is 0. The van der Waals surface area contributed by atoms with Crippen LogP contribution in [0.15, 0.2) is 42.7 Å². The molecule has 1 unspecified atom stereocenters. The number of rotatable bonds is 3. The van der Waals surface area contributed by atoms with Crippen LogP contribution < -0.4 is 10.5 Å². The summed E-state index contributed by atoms with van der Waals surface area (Å²) >= 11 is 6.13. The second-order valence-corrected chi connectivity index (χ2v) is 4.02. The number of halogens is 1. The largest absolute Gasteiger partial charge is 0.495 e. The number of methoxy groups -OCH3 is 1. The molecule has 0 aliphatic rings. The topological polar surface area (TPSA) is 48.1 Å². The van der Waals surface area contributed by atoms with Crippen molar-refractivity contribution in [3.05, 3.63) is 58.9 Å². The Balaban J connectivity index is 2.44. The van der Waals surface area contributed by atoms with Crippen molar-refractivity contribution in [1.82, 2.24) is 4.98 Å². The Hall–Kier alpha value is -1.58. The molecule has 88 valence electrons. The third-order valence-electron chi connectivity index (χ3n) is 2.61. The van der Waals surface area contributed by atoms with Crippen molar-refractivity contribution in [2.45, 2.75) is 6.04 Å². The van der Waals surface area contributed by atoms with Crippen LogP contribution in [-0.2, 0) is 0 Å². The molecule has 0 saturated heterocycles. The Labute approximate surface area is 105 Å². The Morgan fingerprint density at radius 2 is 2.00 bits per heavy atom. The van der Waals surface area contributed by atoms with Gasteiger partial charge in [0.1, 0.15) is 5.75 Å². The highest BCUT2D eigenvalue weighted by Crippen LogP contribution is 2.30. The lowest BCUT2D eigenvalue weighted by Gasteiger charge is -2.16. The molecule has 17 heavy (non-hydrogen) atoms. The van der Waals surface area contributed by atoms with E-state index in [1.807, 2.05) is 30.3 Å². The summed E-state index contributed by atoms with van der Waals surface area (Å²) in [5.41, 5.74) is 7.95. The van der Waals surface area contributed by atoms with Crippen LogP contribution in [0.4, 0.5) is 0 Å². The maximum atomic E-state index is 6.20. The van der Waals surface area contributed by atoms with Crippen LogP contribution in [0, 0.1) is 0 Å². The van der Waals surface area contributed by atoms with Crippen LogP contribution in [-0.4, -0.2) is 12.1 Å². The summed E-state index contributed by atoms with van der Waals surface area (Å²) in [5, 5.41) is 0.652. The molecule has 2 aromatic rings. The lowest BCUT2D eigenvalue weighted by molar-refractivity contribution is 0.406. The number of benzene rings is 1. The van der Waals surface area contributed by atoms with Gasteiger partial charge in [0, 0.05) is 16.8 Å². The van der Waals surface area contributed by atoms with Crippen molar-refractivity contribution in [3.8, 4) is 5.75 Å². The molecule has 0 aliphatic heterocycles. The summed E-state index contributed by atoms with van der Waals surface area (Å²) in [6.07, 6.45) is 3.33. The van der Waals surface area contributed by atoms with Crippen molar-refractivity contribution < 1.29 is 4.74 Å². The molecule has 0 aliphatic carbocycles. The zero-order chi connectivity index (χ0) is 12.3. The van der Waals surface area contributed by atoms with Crippen molar-refractivity contribution in [2.75, 3.05) is 7.11 Å². The number of ether oxygens (including phenoxy) is 1. The molecule has 4 heteroatoms. The fourth-order valence-electron chi connectivity index (χ4n) is 1.71. The standard InChI is InChI=1S/C13H13ClN2O/c1-17-12-8-16-7-6-10(12)13(15)9-4-2-3-5-11(9)14/h2-8,13H,15H2,1H3. The quantitative estimate of drug-likeness (QED) is 0.909. The minimum absolute atomic E-state index is 0.318. The molecule has 2 N–H and O–H groups in total. The first-order valence-electron chi connectivity index (χ1n) is 5.22. The fraction of sp³-hybridized carbons (Fsp3) is 0.154. The van der Waals surface area contributed by atoms with Gasteiger partial charge >= 0.3 is 0 Å². The van der Waals surface area contributed by atoms with Crippen LogP contribution in [0.1, 0.15) is 17.2 Å². The highest BCUT2D eigenvalue weighted by molar-refractivity contribution is 6.31. The van der Waals surface area contributed by atoms with Gasteiger partial charge in [0.05, 0.1) is 19.3 Å². The van der Waals surface area contributed by atoms with E-state index in [1.54, 1.807) is 19.5 Å². The van der Waals surface area contributed by atoms with Gasteiger partial charge in [-0.15, -0.1) is 0 Å². The molecule has 1 atom stereocenters. The molecule has 0 saturated carbocycles. The van der Waals surface area contributed by atoms with Crippen molar-refractivity contribution in [1.29, 1.82) is 0 Å². The average Bonchev–Trinajstić information content (AvgIpc) is 2.38. The number of nitrogens with zero attached hydrogens (tertiary/aromatic N) is 1. The molecule has 1 aromatic heterocycles. The molecule has 1 aromatic carbocycles. The minimum Gasteiger partial charge on any atom is -0.495 e. The van der Waals surface area contributed by atoms with E-state index in [0.717, 1.165) is 11.1 Å². The lowest BCUT2D eigenvalue weighted by Crippen LogP contribution is -2.13. The summed E-state index contributed by atoms with van der Waals surface area (Å²) < 4.78 is 5.24. The first-order chi connectivity index (χ1) is 8.24. The van der Waals surface area contributed by atoms with E-state index in [9.17, 15) is 0 Å². The first kappa shape index (κ1) is 11.9. The smallest absolute Gasteiger partial charge is 0.142 e. The average molecular weight is 249 g/mol. The van der Waals surface area contributed by atoms with E-state index in [0.29, 0.717) is 10.8 Å². The molecule has 0 spiro atoms. The SMILES string of the molecule is COc1cnccc1C(N)c1ccccc1Cl. The van der Waals surface area contributed by atoms with Crippen LogP contribution in [0.5, 0.6) is 5.75 Å². The van der Waals surface area contributed by atoms with E-state index in [-0.39, 0.29) is 6.04 Å². The van der Waals surface area contributed by atoms with Crippen LogP contribution >= 0.6 is 11.6 Å². The first-order valence-corrected chi connectivity index (χ1v) is 5.59. The number of hydrogen-bond acceptors (Lipinski definition) is 3. The van der Waals surface area contributed by atoms with Crippen molar-refractivity contribution in [3.63, 3.8) is 0 Å². The van der Waals surface area contributed by atoms with Gasteiger partial charge in [0.25, 0.3) is 0 Å². The van der Waals surface area contributed by atoms with E-state index >= 15 is 0 Å². The molecule has 0 amide bonds. The number of aromatic nitrogens is 1. The predicted octanol–water partition coefficient (Wildman–Crippen LogP) is 2.79. The molecule has 3 nitrogen and oxygen atoms in total. The summed E-state index contributed by atoms with van der Waals surface area (Å²) in [4.78, 5) is 4.00. The molecule has 1 heterocycles. The number of pyridine rings is 1. The van der Waals surface area contributed by atoms with E-state index < -0.39 is 0 Å². The van der Waals surface area contributed by atoms with Crippen molar-refractivity contribution in [2.24, 2.45) is 5.73 Å². The Morgan fingerprint density at radius 1 is 1.24 bits per heavy atom. The third-order valence-corrected chi connectivity index (χ3v) is 2.96. The van der Waals surface area contributed by atoms with Gasteiger partial charge in [-0.1, -0.05) is 29.8 Å². The summed E-state index contributed by atoms with van der Waals surface area (Å²) in [6, 6.07) is 9.04. The highest BCUT2D eigenvalue weighted by atomic mass is 35.5. The van der Waals surface area contributed by atoms with E-state index in [4.69, 9.17) is 22.1 Å². The van der Waals surface area contributed by atoms with E-state index in [2.05, 4.69) is 4.98 Å². The van der Waals surface area contributed by atoms with Crippen LogP contribution in [0.25, 0.3) is 0 Å². The van der Waals surface area contributed by atoms with Gasteiger partial charge in [-0.25, -0.2) is 0 Å². The molecule has 0 radical (unpaired) electrons. The normalized spacial score (nSPS) is 12.2. The van der Waals surface area contributed by atoms with E-state index in [1.165, 1.54) is 0 Å². The van der Waals surface area contributed by atoms with Gasteiger partial charge in [-0.2, -0.15) is 0 Å². The highest BCUT2D eigenvalue weighted by Gasteiger charge is 2.15. The predicted molar refractivity (Wildman–Crippen MR) is 68.3 cm³/mol. The molecular weight excluding hydrogens is 236 g/mol. The minimum atomic E-state index is -0.318. The molecule has 0 fully saturated rings. The maximum absolute atomic E-state index is 6.20. The van der Waals surface area contributed by atoms with Gasteiger partial charge < -0.3 is 10.5 Å². The van der Waals surface area contributed by atoms with Crippen LogP contribution in [0.3, 0.4) is 0 Å². The summed E-state index contributed by atoms with van der Waals surface area (Å²) in [7, 11) is 1.60. The van der Waals surface area contributed by atoms with Gasteiger partial charge in [-0.05, 0) is 17.7 Å². The Morgan fingerprint density at radius 3 is 2.71 bits per heavy atom. The third kappa shape index (κ3) is 2.40. The lowest BCUT2D eigenvalue weighted by atomic mass is 10.00. The fourth-order valence-corrected chi connectivity index (χ4v) is 1.97.